The van der Waals surface area contributed by atoms with Crippen LogP contribution in [0.1, 0.15) is 42.5 Å². The van der Waals surface area contributed by atoms with Crippen molar-refractivity contribution < 1.29 is 14.3 Å². The number of para-hydroxylation sites is 1. The summed E-state index contributed by atoms with van der Waals surface area (Å²) in [6.45, 7) is 6.60. The average molecular weight is 383 g/mol. The monoisotopic (exact) mass is 383 g/mol. The summed E-state index contributed by atoms with van der Waals surface area (Å²) in [6.07, 6.45) is 1.86. The summed E-state index contributed by atoms with van der Waals surface area (Å²) in [4.78, 5) is 24.4. The summed E-state index contributed by atoms with van der Waals surface area (Å²) in [6, 6.07) is 5.42. The third-order valence-electron chi connectivity index (χ3n) is 4.42. The van der Waals surface area contributed by atoms with Gasteiger partial charge in [-0.1, -0.05) is 32.9 Å². The third-order valence-corrected chi connectivity index (χ3v) is 4.42. The minimum atomic E-state index is -0.478. The number of fused-ring (bicyclic) bond motifs is 1. The molecule has 0 saturated heterocycles. The van der Waals surface area contributed by atoms with Gasteiger partial charge in [-0.05, 0) is 17.0 Å². The summed E-state index contributed by atoms with van der Waals surface area (Å²) in [5, 5.41) is 3.53. The number of carbonyl (C=O) groups excluding carboxylic acids is 1. The van der Waals surface area contributed by atoms with Gasteiger partial charge in [0.2, 0.25) is 5.82 Å². The van der Waals surface area contributed by atoms with Crippen molar-refractivity contribution in [3.63, 3.8) is 0 Å². The van der Waals surface area contributed by atoms with Crippen LogP contribution in [0.4, 0.5) is 11.5 Å². The molecule has 3 aromatic rings. The lowest BCUT2D eigenvalue weighted by Crippen LogP contribution is -2.18. The standard InChI is InChI=1S/C20H25N5O3/c1-20(2,3)12-9-22-17-14(12)16(21)24-18(25-17)19(26)23-13-8-6-7-11(10-27-4)15(13)28-5/h6-9H,10H2,1-5H3,(H,23,26)(H3,21,22,24,25). The molecule has 0 spiro atoms. The first-order chi connectivity index (χ1) is 13.3. The largest absolute Gasteiger partial charge is 0.494 e. The van der Waals surface area contributed by atoms with E-state index < -0.39 is 5.91 Å². The van der Waals surface area contributed by atoms with Crippen molar-refractivity contribution in [2.45, 2.75) is 32.8 Å². The topological polar surface area (TPSA) is 115 Å². The van der Waals surface area contributed by atoms with Crippen molar-refractivity contribution >= 4 is 28.4 Å². The lowest BCUT2D eigenvalue weighted by Gasteiger charge is -2.17. The number of rotatable bonds is 5. The number of methoxy groups -OCH3 is 2. The van der Waals surface area contributed by atoms with Crippen molar-refractivity contribution in [1.29, 1.82) is 0 Å². The molecule has 0 aliphatic heterocycles. The Balaban J connectivity index is 1.96. The van der Waals surface area contributed by atoms with Crippen LogP contribution in [0.2, 0.25) is 0 Å². The molecule has 8 heteroatoms. The summed E-state index contributed by atoms with van der Waals surface area (Å²) in [7, 11) is 3.14. The van der Waals surface area contributed by atoms with Crippen LogP contribution in [0.25, 0.3) is 11.0 Å². The number of hydrogen-bond acceptors (Lipinski definition) is 6. The van der Waals surface area contributed by atoms with Crippen molar-refractivity contribution in [3.8, 4) is 5.75 Å². The van der Waals surface area contributed by atoms with E-state index in [4.69, 9.17) is 15.2 Å². The molecule has 0 unspecified atom stereocenters. The highest BCUT2D eigenvalue weighted by atomic mass is 16.5. The Morgan fingerprint density at radius 1 is 1.25 bits per heavy atom. The smallest absolute Gasteiger partial charge is 0.293 e. The van der Waals surface area contributed by atoms with Crippen molar-refractivity contribution in [1.82, 2.24) is 15.0 Å². The van der Waals surface area contributed by atoms with E-state index in [-0.39, 0.29) is 17.1 Å². The van der Waals surface area contributed by atoms with Crippen molar-refractivity contribution in [2.24, 2.45) is 0 Å². The molecule has 2 aromatic heterocycles. The zero-order valence-corrected chi connectivity index (χ0v) is 16.7. The van der Waals surface area contributed by atoms with Crippen molar-refractivity contribution in [2.75, 3.05) is 25.3 Å². The SMILES string of the molecule is COCc1cccc(NC(=O)c2nc(N)c3c(C(C)(C)C)c[nH]c3n2)c1OC. The van der Waals surface area contributed by atoms with E-state index in [0.717, 1.165) is 16.5 Å². The van der Waals surface area contributed by atoms with Gasteiger partial charge < -0.3 is 25.5 Å². The molecule has 0 fully saturated rings. The van der Waals surface area contributed by atoms with Gasteiger partial charge in [0.1, 0.15) is 17.2 Å². The number of nitrogen functional groups attached to an aromatic ring is 1. The van der Waals surface area contributed by atoms with Crippen LogP contribution in [0, 0.1) is 0 Å². The number of H-pyrrole nitrogens is 1. The fraction of sp³-hybridized carbons (Fsp3) is 0.350. The molecule has 2 heterocycles. The van der Waals surface area contributed by atoms with Gasteiger partial charge in [-0.2, -0.15) is 0 Å². The average Bonchev–Trinajstić information content (AvgIpc) is 3.07. The molecular formula is C20H25N5O3. The summed E-state index contributed by atoms with van der Waals surface area (Å²) in [5.41, 5.74) is 8.88. The number of carbonyl (C=O) groups is 1. The highest BCUT2D eigenvalue weighted by Gasteiger charge is 2.23. The molecule has 0 atom stereocenters. The molecule has 8 nitrogen and oxygen atoms in total. The first-order valence-electron chi connectivity index (χ1n) is 8.87. The number of nitrogens with two attached hydrogens (primary N) is 1. The minimum absolute atomic E-state index is 0.0218. The number of hydrogen-bond donors (Lipinski definition) is 3. The molecule has 0 aliphatic rings. The second-order valence-corrected chi connectivity index (χ2v) is 7.49. The maximum Gasteiger partial charge on any atom is 0.293 e. The fourth-order valence-corrected chi connectivity index (χ4v) is 3.13. The molecule has 3 rings (SSSR count). The molecule has 4 N–H and O–H groups in total. The van der Waals surface area contributed by atoms with E-state index in [0.29, 0.717) is 23.7 Å². The van der Waals surface area contributed by atoms with E-state index >= 15 is 0 Å². The Morgan fingerprint density at radius 2 is 2.00 bits per heavy atom. The number of ether oxygens (including phenoxy) is 2. The molecule has 0 radical (unpaired) electrons. The number of amides is 1. The van der Waals surface area contributed by atoms with Gasteiger partial charge in [0.05, 0.1) is 24.8 Å². The molecule has 0 saturated carbocycles. The van der Waals surface area contributed by atoms with Crippen LogP contribution < -0.4 is 15.8 Å². The second-order valence-electron chi connectivity index (χ2n) is 7.49. The van der Waals surface area contributed by atoms with Crippen LogP contribution in [0.15, 0.2) is 24.4 Å². The first-order valence-corrected chi connectivity index (χ1v) is 8.87. The molecule has 0 aliphatic carbocycles. The van der Waals surface area contributed by atoms with Crippen LogP contribution in [0.5, 0.6) is 5.75 Å². The number of nitrogens with zero attached hydrogens (tertiary/aromatic N) is 2. The highest BCUT2D eigenvalue weighted by molar-refractivity contribution is 6.04. The Morgan fingerprint density at radius 3 is 2.64 bits per heavy atom. The predicted octanol–water partition coefficient (Wildman–Crippen LogP) is 3.24. The number of aromatic amines is 1. The Hall–Kier alpha value is -3.13. The minimum Gasteiger partial charge on any atom is -0.494 e. The molecular weight excluding hydrogens is 358 g/mol. The number of benzene rings is 1. The van der Waals surface area contributed by atoms with Gasteiger partial charge in [0, 0.05) is 18.9 Å². The van der Waals surface area contributed by atoms with Gasteiger partial charge in [-0.25, -0.2) is 9.97 Å². The number of nitrogens with one attached hydrogen (secondary N) is 2. The summed E-state index contributed by atoms with van der Waals surface area (Å²) >= 11 is 0. The molecule has 1 aromatic carbocycles. The van der Waals surface area contributed by atoms with E-state index in [9.17, 15) is 4.79 Å². The van der Waals surface area contributed by atoms with Gasteiger partial charge >= 0.3 is 0 Å². The molecule has 1 amide bonds. The Labute approximate surface area is 163 Å². The zero-order valence-electron chi connectivity index (χ0n) is 16.7. The predicted molar refractivity (Wildman–Crippen MR) is 109 cm³/mol. The maximum absolute atomic E-state index is 12.8. The van der Waals surface area contributed by atoms with Gasteiger partial charge in [-0.3, -0.25) is 4.79 Å². The second kappa shape index (κ2) is 7.47. The molecule has 0 bridgehead atoms. The summed E-state index contributed by atoms with van der Waals surface area (Å²) < 4.78 is 10.6. The van der Waals surface area contributed by atoms with Gasteiger partial charge in [0.15, 0.2) is 0 Å². The molecule has 148 valence electrons. The van der Waals surface area contributed by atoms with E-state index in [1.54, 1.807) is 13.2 Å². The van der Waals surface area contributed by atoms with E-state index in [1.165, 1.54) is 7.11 Å². The molecule has 28 heavy (non-hydrogen) atoms. The van der Waals surface area contributed by atoms with Crippen LogP contribution >= 0.6 is 0 Å². The maximum atomic E-state index is 12.8. The summed E-state index contributed by atoms with van der Waals surface area (Å²) in [5.74, 6) is 0.294. The lowest BCUT2D eigenvalue weighted by molar-refractivity contribution is 0.101. The lowest BCUT2D eigenvalue weighted by atomic mass is 9.87. The third kappa shape index (κ3) is 3.63. The number of anilines is 2. The van der Waals surface area contributed by atoms with Crippen LogP contribution in [0.3, 0.4) is 0 Å². The fourth-order valence-electron chi connectivity index (χ4n) is 3.13. The van der Waals surface area contributed by atoms with E-state index in [2.05, 4.69) is 41.0 Å². The Bertz CT molecular complexity index is 1020. The van der Waals surface area contributed by atoms with E-state index in [1.807, 2.05) is 18.3 Å². The van der Waals surface area contributed by atoms with Gasteiger partial charge in [-0.15, -0.1) is 0 Å². The zero-order chi connectivity index (χ0) is 20.5. The van der Waals surface area contributed by atoms with Gasteiger partial charge in [0.25, 0.3) is 5.91 Å². The van der Waals surface area contributed by atoms with Crippen LogP contribution in [-0.2, 0) is 16.8 Å². The highest BCUT2D eigenvalue weighted by Crippen LogP contribution is 2.33. The van der Waals surface area contributed by atoms with Crippen molar-refractivity contribution in [3.05, 3.63) is 41.3 Å². The van der Waals surface area contributed by atoms with Crippen LogP contribution in [-0.4, -0.2) is 35.1 Å². The first kappa shape index (κ1) is 19.6. The Kier molecular flexibility index (Phi) is 5.24. The normalized spacial score (nSPS) is 11.6. The number of aromatic nitrogens is 3. The quantitative estimate of drug-likeness (QED) is 0.623.